The number of aromatic nitrogens is 4. The van der Waals surface area contributed by atoms with E-state index in [0.29, 0.717) is 18.8 Å². The van der Waals surface area contributed by atoms with Gasteiger partial charge in [-0.15, -0.1) is 5.10 Å². The van der Waals surface area contributed by atoms with E-state index in [1.54, 1.807) is 30.9 Å². The first-order valence-electron chi connectivity index (χ1n) is 5.78. The standard InChI is InChI=1S/C12H13BrN4O2/c1-3-19-12(18)11-8(2)17(16-15-11)7-9-4-10(13)6-14-5-9/h4-6H,3,7H2,1-2H3. The second-order valence-electron chi connectivity index (χ2n) is 3.91. The van der Waals surface area contributed by atoms with Crippen LogP contribution in [0.1, 0.15) is 28.7 Å². The van der Waals surface area contributed by atoms with Gasteiger partial charge < -0.3 is 4.74 Å². The van der Waals surface area contributed by atoms with Gasteiger partial charge in [0.15, 0.2) is 5.69 Å². The molecule has 0 saturated heterocycles. The minimum Gasteiger partial charge on any atom is -0.461 e. The SMILES string of the molecule is CCOC(=O)c1nnn(Cc2cncc(Br)c2)c1C. The maximum atomic E-state index is 11.6. The van der Waals surface area contributed by atoms with Crippen molar-refractivity contribution in [2.45, 2.75) is 20.4 Å². The summed E-state index contributed by atoms with van der Waals surface area (Å²) in [4.78, 5) is 15.7. The molecule has 0 bridgehead atoms. The highest BCUT2D eigenvalue weighted by atomic mass is 79.9. The normalized spacial score (nSPS) is 10.5. The van der Waals surface area contributed by atoms with Crippen molar-refractivity contribution in [3.05, 3.63) is 39.9 Å². The van der Waals surface area contributed by atoms with Crippen molar-refractivity contribution in [1.29, 1.82) is 0 Å². The van der Waals surface area contributed by atoms with E-state index >= 15 is 0 Å². The average molecular weight is 325 g/mol. The minimum atomic E-state index is -0.446. The van der Waals surface area contributed by atoms with Gasteiger partial charge in [0.2, 0.25) is 0 Å². The van der Waals surface area contributed by atoms with Crippen LogP contribution in [0.5, 0.6) is 0 Å². The first-order chi connectivity index (χ1) is 9.11. The third-order valence-corrected chi connectivity index (χ3v) is 2.98. The number of carbonyl (C=O) groups excluding carboxylic acids is 1. The molecule has 0 spiro atoms. The number of halogens is 1. The van der Waals surface area contributed by atoms with Crippen molar-refractivity contribution < 1.29 is 9.53 Å². The van der Waals surface area contributed by atoms with E-state index in [1.165, 1.54) is 0 Å². The minimum absolute atomic E-state index is 0.254. The highest BCUT2D eigenvalue weighted by Gasteiger charge is 2.17. The Labute approximate surface area is 118 Å². The summed E-state index contributed by atoms with van der Waals surface area (Å²) in [5.74, 6) is -0.446. The fourth-order valence-corrected chi connectivity index (χ4v) is 2.03. The van der Waals surface area contributed by atoms with Gasteiger partial charge in [0.25, 0.3) is 0 Å². The summed E-state index contributed by atoms with van der Waals surface area (Å²) in [5, 5.41) is 7.83. The molecular weight excluding hydrogens is 312 g/mol. The number of carbonyl (C=O) groups is 1. The van der Waals surface area contributed by atoms with E-state index in [2.05, 4.69) is 31.2 Å². The molecule has 7 heteroatoms. The number of ether oxygens (including phenoxy) is 1. The molecule has 2 aromatic rings. The Morgan fingerprint density at radius 3 is 2.95 bits per heavy atom. The van der Waals surface area contributed by atoms with Crippen LogP contribution in [0, 0.1) is 6.92 Å². The number of nitrogens with zero attached hydrogens (tertiary/aromatic N) is 4. The number of hydrogen-bond donors (Lipinski definition) is 0. The maximum absolute atomic E-state index is 11.6. The molecule has 19 heavy (non-hydrogen) atoms. The molecule has 2 heterocycles. The molecule has 2 aromatic heterocycles. The van der Waals surface area contributed by atoms with Crippen molar-refractivity contribution in [2.75, 3.05) is 6.61 Å². The molecule has 0 radical (unpaired) electrons. The average Bonchev–Trinajstić information content (AvgIpc) is 2.71. The van der Waals surface area contributed by atoms with Crippen LogP contribution in [-0.4, -0.2) is 32.6 Å². The van der Waals surface area contributed by atoms with Crippen molar-refractivity contribution in [3.8, 4) is 0 Å². The van der Waals surface area contributed by atoms with Gasteiger partial charge in [-0.2, -0.15) is 0 Å². The molecule has 0 fully saturated rings. The molecular formula is C12H13BrN4O2. The maximum Gasteiger partial charge on any atom is 0.360 e. The molecule has 2 rings (SSSR count). The van der Waals surface area contributed by atoms with Crippen LogP contribution < -0.4 is 0 Å². The van der Waals surface area contributed by atoms with Crippen LogP contribution in [0.25, 0.3) is 0 Å². The topological polar surface area (TPSA) is 69.9 Å². The molecule has 0 unspecified atom stereocenters. The number of pyridine rings is 1. The summed E-state index contributed by atoms with van der Waals surface area (Å²) in [7, 11) is 0. The third-order valence-electron chi connectivity index (χ3n) is 2.55. The predicted molar refractivity (Wildman–Crippen MR) is 71.8 cm³/mol. The fraction of sp³-hybridized carbons (Fsp3) is 0.333. The van der Waals surface area contributed by atoms with Gasteiger partial charge in [-0.05, 0) is 41.4 Å². The number of hydrogen-bond acceptors (Lipinski definition) is 5. The van der Waals surface area contributed by atoms with Gasteiger partial charge >= 0.3 is 5.97 Å². The van der Waals surface area contributed by atoms with Gasteiger partial charge in [0.05, 0.1) is 18.8 Å². The lowest BCUT2D eigenvalue weighted by Crippen LogP contribution is -2.09. The van der Waals surface area contributed by atoms with Crippen LogP contribution in [0.3, 0.4) is 0 Å². The summed E-state index contributed by atoms with van der Waals surface area (Å²) in [6.07, 6.45) is 3.46. The van der Waals surface area contributed by atoms with Crippen LogP contribution >= 0.6 is 15.9 Å². The molecule has 0 aliphatic rings. The lowest BCUT2D eigenvalue weighted by molar-refractivity contribution is 0.0518. The van der Waals surface area contributed by atoms with Crippen molar-refractivity contribution in [2.24, 2.45) is 0 Å². The van der Waals surface area contributed by atoms with Crippen LogP contribution in [-0.2, 0) is 11.3 Å². The molecule has 100 valence electrons. The molecule has 0 amide bonds. The summed E-state index contributed by atoms with van der Waals surface area (Å²) in [6.45, 7) is 4.37. The Morgan fingerprint density at radius 2 is 2.26 bits per heavy atom. The molecule has 6 nitrogen and oxygen atoms in total. The highest BCUT2D eigenvalue weighted by Crippen LogP contribution is 2.12. The van der Waals surface area contributed by atoms with E-state index in [4.69, 9.17) is 4.74 Å². The molecule has 0 aromatic carbocycles. The van der Waals surface area contributed by atoms with Crippen LogP contribution in [0.2, 0.25) is 0 Å². The second-order valence-corrected chi connectivity index (χ2v) is 4.83. The summed E-state index contributed by atoms with van der Waals surface area (Å²) in [5.41, 5.74) is 1.90. The first kappa shape index (κ1) is 13.7. The van der Waals surface area contributed by atoms with Gasteiger partial charge in [0.1, 0.15) is 0 Å². The smallest absolute Gasteiger partial charge is 0.360 e. The zero-order valence-electron chi connectivity index (χ0n) is 10.6. The second kappa shape index (κ2) is 5.92. The Hall–Kier alpha value is -1.76. The van der Waals surface area contributed by atoms with E-state index in [1.807, 2.05) is 6.07 Å². The van der Waals surface area contributed by atoms with Crippen molar-refractivity contribution in [3.63, 3.8) is 0 Å². The van der Waals surface area contributed by atoms with Crippen molar-refractivity contribution >= 4 is 21.9 Å². The zero-order valence-corrected chi connectivity index (χ0v) is 12.2. The Balaban J connectivity index is 2.20. The molecule has 0 saturated carbocycles. The fourth-order valence-electron chi connectivity index (χ4n) is 1.61. The van der Waals surface area contributed by atoms with Gasteiger partial charge in [0, 0.05) is 16.9 Å². The molecule has 0 aliphatic heterocycles. The summed E-state index contributed by atoms with van der Waals surface area (Å²) >= 11 is 3.36. The lowest BCUT2D eigenvalue weighted by Gasteiger charge is -2.04. The third kappa shape index (κ3) is 3.17. The number of rotatable bonds is 4. The summed E-state index contributed by atoms with van der Waals surface area (Å²) in [6, 6.07) is 1.94. The summed E-state index contributed by atoms with van der Waals surface area (Å²) < 4.78 is 7.46. The van der Waals surface area contributed by atoms with Gasteiger partial charge in [-0.25, -0.2) is 9.48 Å². The lowest BCUT2D eigenvalue weighted by atomic mass is 10.3. The van der Waals surface area contributed by atoms with Crippen molar-refractivity contribution in [1.82, 2.24) is 20.0 Å². The van der Waals surface area contributed by atoms with Crippen LogP contribution in [0.4, 0.5) is 0 Å². The van der Waals surface area contributed by atoms with Crippen LogP contribution in [0.15, 0.2) is 22.9 Å². The molecule has 0 atom stereocenters. The van der Waals surface area contributed by atoms with E-state index < -0.39 is 5.97 Å². The Bertz CT molecular complexity index is 597. The number of esters is 1. The van der Waals surface area contributed by atoms with Gasteiger partial charge in [-0.1, -0.05) is 5.21 Å². The largest absolute Gasteiger partial charge is 0.461 e. The first-order valence-corrected chi connectivity index (χ1v) is 6.57. The molecule has 0 aliphatic carbocycles. The monoisotopic (exact) mass is 324 g/mol. The van der Waals surface area contributed by atoms with E-state index in [9.17, 15) is 4.79 Å². The molecule has 0 N–H and O–H groups in total. The van der Waals surface area contributed by atoms with E-state index in [0.717, 1.165) is 10.0 Å². The quantitative estimate of drug-likeness (QED) is 0.804. The Kier molecular flexibility index (Phi) is 4.26. The predicted octanol–water partition coefficient (Wildman–Crippen LogP) is 1.97. The highest BCUT2D eigenvalue weighted by molar-refractivity contribution is 9.10. The Morgan fingerprint density at radius 1 is 1.47 bits per heavy atom. The van der Waals surface area contributed by atoms with Gasteiger partial charge in [-0.3, -0.25) is 4.98 Å². The zero-order chi connectivity index (χ0) is 13.8. The van der Waals surface area contributed by atoms with E-state index in [-0.39, 0.29) is 5.69 Å².